The highest BCUT2D eigenvalue weighted by molar-refractivity contribution is 5.76. The zero-order valence-electron chi connectivity index (χ0n) is 48.4. The van der Waals surface area contributed by atoms with E-state index in [1.165, 1.54) is 257 Å². The quantitative estimate of drug-likeness (QED) is 0.0320. The number of rotatable bonds is 60. The fraction of sp³-hybridized carbons (Fsp3) is 0.879. The maximum atomic E-state index is 12.5. The van der Waals surface area contributed by atoms with E-state index in [4.69, 9.17) is 4.74 Å². The summed E-state index contributed by atoms with van der Waals surface area (Å²) >= 11 is 0. The van der Waals surface area contributed by atoms with Crippen LogP contribution in [0.4, 0.5) is 0 Å². The van der Waals surface area contributed by atoms with Crippen molar-refractivity contribution in [1.82, 2.24) is 5.32 Å². The molecule has 0 saturated carbocycles. The first kappa shape index (κ1) is 70.1. The van der Waals surface area contributed by atoms with E-state index in [0.29, 0.717) is 19.4 Å². The molecule has 72 heavy (non-hydrogen) atoms. The maximum Gasteiger partial charge on any atom is 0.305 e. The van der Waals surface area contributed by atoms with Gasteiger partial charge in [0, 0.05) is 12.8 Å². The van der Waals surface area contributed by atoms with Crippen LogP contribution in [0.3, 0.4) is 0 Å². The van der Waals surface area contributed by atoms with Crippen LogP contribution >= 0.6 is 0 Å². The first-order valence-corrected chi connectivity index (χ1v) is 32.3. The normalized spacial score (nSPS) is 12.8. The number of aliphatic hydroxyl groups excluding tert-OH is 2. The highest BCUT2D eigenvalue weighted by atomic mass is 16.5. The summed E-state index contributed by atoms with van der Waals surface area (Å²) in [6, 6.07) is -0.641. The van der Waals surface area contributed by atoms with Crippen LogP contribution in [0.1, 0.15) is 348 Å². The molecule has 0 rings (SSSR count). The van der Waals surface area contributed by atoms with Crippen molar-refractivity contribution >= 4 is 11.9 Å². The molecule has 0 aliphatic rings. The Morgan fingerprint density at radius 3 is 0.986 bits per heavy atom. The van der Waals surface area contributed by atoms with Gasteiger partial charge in [-0.15, -0.1) is 0 Å². The second-order valence-electron chi connectivity index (χ2n) is 22.1. The van der Waals surface area contributed by atoms with E-state index in [1.54, 1.807) is 6.08 Å². The highest BCUT2D eigenvalue weighted by Gasteiger charge is 2.18. The van der Waals surface area contributed by atoms with Gasteiger partial charge in [-0.05, 0) is 83.5 Å². The summed E-state index contributed by atoms with van der Waals surface area (Å²) in [5.74, 6) is -0.0865. The molecule has 3 N–H and O–H groups in total. The number of hydrogen-bond donors (Lipinski definition) is 3. The lowest BCUT2D eigenvalue weighted by Gasteiger charge is -2.20. The number of nitrogens with one attached hydrogen (secondary N) is 1. The van der Waals surface area contributed by atoms with Gasteiger partial charge in [0.05, 0.1) is 25.4 Å². The first-order chi connectivity index (χ1) is 35.5. The van der Waals surface area contributed by atoms with Crippen molar-refractivity contribution < 1.29 is 24.5 Å². The Labute approximate surface area is 449 Å². The van der Waals surface area contributed by atoms with E-state index in [2.05, 4.69) is 43.5 Å². The van der Waals surface area contributed by atoms with E-state index >= 15 is 0 Å². The topological polar surface area (TPSA) is 95.9 Å². The van der Waals surface area contributed by atoms with Crippen molar-refractivity contribution in [2.45, 2.75) is 360 Å². The van der Waals surface area contributed by atoms with Gasteiger partial charge in [0.2, 0.25) is 5.91 Å². The maximum absolute atomic E-state index is 12.5. The number of esters is 1. The molecule has 0 bridgehead atoms. The number of carbonyl (C=O) groups excluding carboxylic acids is 2. The van der Waals surface area contributed by atoms with E-state index in [1.807, 2.05) is 6.08 Å². The summed E-state index contributed by atoms with van der Waals surface area (Å²) in [6.45, 7) is 4.90. The van der Waals surface area contributed by atoms with Crippen LogP contribution in [0, 0.1) is 0 Å². The SMILES string of the molecule is CCCCCCCC/C=C\CCCCCCCCCCCC(=O)OCCCCCCCCC/C=C\CCCCCCCC(=O)NC(CO)C(O)/C=C/CCCCCCCCCCCCCCCCCCCC. The van der Waals surface area contributed by atoms with Gasteiger partial charge in [-0.1, -0.05) is 288 Å². The van der Waals surface area contributed by atoms with Gasteiger partial charge in [-0.3, -0.25) is 9.59 Å². The molecular formula is C66H125NO5. The van der Waals surface area contributed by atoms with Gasteiger partial charge in [0.25, 0.3) is 0 Å². The van der Waals surface area contributed by atoms with Crippen LogP contribution in [0.15, 0.2) is 36.5 Å². The molecular weight excluding hydrogens is 887 g/mol. The van der Waals surface area contributed by atoms with E-state index in [-0.39, 0.29) is 18.5 Å². The predicted molar refractivity (Wildman–Crippen MR) is 315 cm³/mol. The van der Waals surface area contributed by atoms with E-state index < -0.39 is 12.1 Å². The molecule has 0 aliphatic heterocycles. The van der Waals surface area contributed by atoms with Gasteiger partial charge < -0.3 is 20.3 Å². The third-order valence-corrected chi connectivity index (χ3v) is 14.9. The minimum absolute atomic E-state index is 0.00386. The molecule has 0 aromatic heterocycles. The first-order valence-electron chi connectivity index (χ1n) is 32.3. The zero-order valence-corrected chi connectivity index (χ0v) is 48.4. The largest absolute Gasteiger partial charge is 0.466 e. The lowest BCUT2D eigenvalue weighted by molar-refractivity contribution is -0.143. The molecule has 0 radical (unpaired) electrons. The minimum Gasteiger partial charge on any atom is -0.466 e. The summed E-state index contributed by atoms with van der Waals surface area (Å²) < 4.78 is 5.49. The standard InChI is InChI=1S/C66H125NO5/c1-3-5-7-9-11-13-15-17-19-21-23-25-26-30-34-38-42-46-50-54-58-64(69)63(62-68)67-65(70)59-55-51-47-43-39-35-31-28-29-33-37-41-45-49-53-57-61-72-66(71)60-56-52-48-44-40-36-32-27-24-22-20-18-16-14-12-10-8-6-4-2/h18,20,28,31,54,58,63-64,68-69H,3-17,19,21-27,29-30,32-53,55-57,59-62H2,1-2H3,(H,67,70)/b20-18-,31-28-,58-54+. The number of amides is 1. The zero-order chi connectivity index (χ0) is 52.2. The minimum atomic E-state index is -0.856. The number of aliphatic hydroxyl groups is 2. The smallest absolute Gasteiger partial charge is 0.305 e. The van der Waals surface area contributed by atoms with Gasteiger partial charge in [-0.2, -0.15) is 0 Å². The van der Waals surface area contributed by atoms with Crippen LogP contribution in [0.2, 0.25) is 0 Å². The Bertz CT molecular complexity index is 1170. The Morgan fingerprint density at radius 2 is 0.653 bits per heavy atom. The van der Waals surface area contributed by atoms with Crippen LogP contribution in [-0.4, -0.2) is 47.4 Å². The van der Waals surface area contributed by atoms with Crippen molar-refractivity contribution in [2.24, 2.45) is 0 Å². The second-order valence-corrected chi connectivity index (χ2v) is 22.1. The Balaban J connectivity index is 3.48. The summed E-state index contributed by atoms with van der Waals surface area (Å²) in [5.41, 5.74) is 0. The van der Waals surface area contributed by atoms with Crippen molar-refractivity contribution in [3.63, 3.8) is 0 Å². The monoisotopic (exact) mass is 1010 g/mol. The number of ether oxygens (including phenoxy) is 1. The fourth-order valence-electron chi connectivity index (χ4n) is 9.92. The summed E-state index contributed by atoms with van der Waals surface area (Å²) in [4.78, 5) is 24.6. The predicted octanol–water partition coefficient (Wildman–Crippen LogP) is 20.4. The summed E-state index contributed by atoms with van der Waals surface area (Å²) in [6.07, 6.45) is 77.6. The van der Waals surface area contributed by atoms with Gasteiger partial charge in [0.1, 0.15) is 0 Å². The molecule has 1 amide bonds. The van der Waals surface area contributed by atoms with Crippen molar-refractivity contribution in [1.29, 1.82) is 0 Å². The molecule has 6 heteroatoms. The molecule has 0 aromatic rings. The molecule has 6 nitrogen and oxygen atoms in total. The van der Waals surface area contributed by atoms with Gasteiger partial charge >= 0.3 is 5.97 Å². The van der Waals surface area contributed by atoms with Crippen LogP contribution in [-0.2, 0) is 14.3 Å². The molecule has 0 aromatic carbocycles. The summed E-state index contributed by atoms with van der Waals surface area (Å²) in [5, 5.41) is 23.2. The average Bonchev–Trinajstić information content (AvgIpc) is 3.38. The third kappa shape index (κ3) is 57.4. The highest BCUT2D eigenvalue weighted by Crippen LogP contribution is 2.17. The van der Waals surface area contributed by atoms with Gasteiger partial charge in [0.15, 0.2) is 0 Å². The third-order valence-electron chi connectivity index (χ3n) is 14.9. The van der Waals surface area contributed by atoms with Gasteiger partial charge in [-0.25, -0.2) is 0 Å². The molecule has 0 spiro atoms. The molecule has 0 fully saturated rings. The molecule has 0 heterocycles. The lowest BCUT2D eigenvalue weighted by atomic mass is 10.0. The Morgan fingerprint density at radius 1 is 0.375 bits per heavy atom. The number of hydrogen-bond acceptors (Lipinski definition) is 5. The molecule has 0 saturated heterocycles. The number of unbranched alkanes of at least 4 members (excludes halogenated alkanes) is 45. The van der Waals surface area contributed by atoms with Crippen LogP contribution in [0.5, 0.6) is 0 Å². The van der Waals surface area contributed by atoms with Crippen LogP contribution < -0.4 is 5.32 Å². The summed E-state index contributed by atoms with van der Waals surface area (Å²) in [7, 11) is 0. The Hall–Kier alpha value is -1.92. The fourth-order valence-corrected chi connectivity index (χ4v) is 9.92. The van der Waals surface area contributed by atoms with Crippen molar-refractivity contribution in [3.05, 3.63) is 36.5 Å². The molecule has 2 unspecified atom stereocenters. The van der Waals surface area contributed by atoms with Crippen molar-refractivity contribution in [2.75, 3.05) is 13.2 Å². The van der Waals surface area contributed by atoms with Crippen LogP contribution in [0.25, 0.3) is 0 Å². The molecule has 424 valence electrons. The van der Waals surface area contributed by atoms with E-state index in [0.717, 1.165) is 64.2 Å². The van der Waals surface area contributed by atoms with Crippen molar-refractivity contribution in [3.8, 4) is 0 Å². The Kier molecular flexibility index (Phi) is 60.0. The number of carbonyl (C=O) groups is 2. The lowest BCUT2D eigenvalue weighted by Crippen LogP contribution is -2.45. The van der Waals surface area contributed by atoms with E-state index in [9.17, 15) is 19.8 Å². The average molecular weight is 1010 g/mol. The second kappa shape index (κ2) is 61.6. The molecule has 2 atom stereocenters. The molecule has 0 aliphatic carbocycles. The number of allylic oxidation sites excluding steroid dienone is 5.